The maximum Gasteiger partial charge on any atom is 0.301 e. The van der Waals surface area contributed by atoms with Gasteiger partial charge in [0.05, 0.1) is 0 Å². The van der Waals surface area contributed by atoms with Gasteiger partial charge in [0.2, 0.25) is 0 Å². The number of ether oxygens (including phenoxy) is 4. The van der Waals surface area contributed by atoms with E-state index in [1.807, 2.05) is 52.0 Å². The van der Waals surface area contributed by atoms with Crippen molar-refractivity contribution in [2.24, 2.45) is 0 Å². The molecule has 0 bridgehead atoms. The van der Waals surface area contributed by atoms with Crippen LogP contribution >= 0.6 is 0 Å². The zero-order valence-corrected chi connectivity index (χ0v) is 40.9. The van der Waals surface area contributed by atoms with Gasteiger partial charge in [-0.25, -0.2) is 64.2 Å². The number of carbonyl (C=O) groups excluding carboxylic acids is 4. The van der Waals surface area contributed by atoms with Crippen LogP contribution in [0.2, 0.25) is 0 Å². The normalized spacial score (nSPS) is 8.30. The molecular formula is C34H56O8Y4-8. The molecule has 0 fully saturated rings. The van der Waals surface area contributed by atoms with Crippen molar-refractivity contribution in [3.05, 3.63) is 129 Å². The van der Waals surface area contributed by atoms with Crippen LogP contribution in [-0.2, 0) is 169 Å². The molecule has 0 N–H and O–H groups in total. The minimum Gasteiger partial charge on any atom is -0.484 e. The molecule has 0 aromatic carbocycles. The molecule has 0 aliphatic carbocycles. The smallest absolute Gasteiger partial charge is 0.301 e. The third-order valence-corrected chi connectivity index (χ3v) is 2.72. The maximum atomic E-state index is 10.0. The Kier molecular flexibility index (Phi) is 149. The monoisotopic (exact) mass is 948 g/mol. The zero-order valence-electron chi connectivity index (χ0n) is 29.6. The fraction of sp³-hybridized carbons (Fsp3) is 0.294. The van der Waals surface area contributed by atoms with E-state index < -0.39 is 11.9 Å². The fourth-order valence-electron chi connectivity index (χ4n) is 0.942. The molecule has 260 valence electrons. The number of rotatable bonds is 8. The minimum atomic E-state index is -0.483. The van der Waals surface area contributed by atoms with Gasteiger partial charge < -0.3 is 33.8 Å². The van der Waals surface area contributed by atoms with Crippen LogP contribution in [0, 0.1) is 56.4 Å². The Labute approximate surface area is 384 Å². The van der Waals surface area contributed by atoms with Crippen molar-refractivity contribution in [1.82, 2.24) is 0 Å². The van der Waals surface area contributed by atoms with Gasteiger partial charge in [-0.1, -0.05) is 24.3 Å². The second-order valence-corrected chi connectivity index (χ2v) is 6.19. The molecule has 12 heteroatoms. The van der Waals surface area contributed by atoms with Crippen LogP contribution < -0.4 is 0 Å². The van der Waals surface area contributed by atoms with Crippen LogP contribution in [0.1, 0.15) is 41.5 Å². The molecule has 0 spiro atoms. The summed E-state index contributed by atoms with van der Waals surface area (Å²) in [6, 6.07) is 0. The first-order chi connectivity index (χ1) is 18.9. The van der Waals surface area contributed by atoms with Gasteiger partial charge in [0.25, 0.3) is 0 Å². The summed E-state index contributed by atoms with van der Waals surface area (Å²) in [6.07, 6.45) is 20.9. The van der Waals surface area contributed by atoms with Gasteiger partial charge in [-0.05, 0) is 13.8 Å². The average Bonchev–Trinajstić information content (AvgIpc) is 2.90. The quantitative estimate of drug-likeness (QED) is 0.107. The van der Waals surface area contributed by atoms with Crippen LogP contribution in [0.4, 0.5) is 0 Å². The van der Waals surface area contributed by atoms with E-state index in [0.29, 0.717) is 26.4 Å². The number of allylic oxidation sites excluding steroid dienone is 8. The SMILES string of the molecule is [CH2-]/C=C\C.[CH2-]/C=C\C.[CH2-]/C=C\COC(C)=O.[CH2-]/C=C\COC(C)=O.[CH2-]C(=O)OC/C=C\C.[CH2-]C(=O)OC/C=C\C.[CH3-].[CH3-].[Y].[Y].[Y].[Y]. The van der Waals surface area contributed by atoms with Crippen LogP contribution in [0.3, 0.4) is 0 Å². The molecule has 0 aromatic heterocycles. The summed E-state index contributed by atoms with van der Waals surface area (Å²) in [5.74, 6) is -1.49. The number of esters is 4. The van der Waals surface area contributed by atoms with E-state index in [-0.39, 0.29) is 158 Å². The van der Waals surface area contributed by atoms with Crippen molar-refractivity contribution in [2.45, 2.75) is 41.5 Å². The standard InChI is InChI=1S/4C6H9O2.2C4H7.2CH3.4Y/c4*1-3-4-5-8-6(2)7;2*1-3-4-2;;;;;;/h2*3-4H,2,5H2,1H3;2*3-4H,1,5H2,2H3;2*3-4H,1H2,2H3;2*1H3;;;;/q8*-1;;;;/b6*4-3-;;;;;;. The summed E-state index contributed by atoms with van der Waals surface area (Å²) >= 11 is 0. The Morgan fingerprint density at radius 1 is 0.457 bits per heavy atom. The third-order valence-electron chi connectivity index (χ3n) is 2.72. The van der Waals surface area contributed by atoms with Crippen molar-refractivity contribution >= 4 is 23.9 Å². The Hall–Kier alpha value is -0.0444. The molecule has 0 heterocycles. The molecule has 0 aromatic rings. The van der Waals surface area contributed by atoms with Crippen molar-refractivity contribution in [1.29, 1.82) is 0 Å². The van der Waals surface area contributed by atoms with E-state index in [2.05, 4.69) is 60.5 Å². The summed E-state index contributed by atoms with van der Waals surface area (Å²) in [6.45, 7) is 31.4. The largest absolute Gasteiger partial charge is 0.484 e. The third kappa shape index (κ3) is 168. The summed E-state index contributed by atoms with van der Waals surface area (Å²) in [4.78, 5) is 40.0. The van der Waals surface area contributed by atoms with Crippen molar-refractivity contribution < 1.29 is 169 Å². The number of carbonyl (C=O) groups is 4. The van der Waals surface area contributed by atoms with Crippen molar-refractivity contribution in [2.75, 3.05) is 26.4 Å². The van der Waals surface area contributed by atoms with E-state index in [0.717, 1.165) is 0 Å². The first-order valence-electron chi connectivity index (χ1n) is 12.1. The predicted molar refractivity (Wildman–Crippen MR) is 178 cm³/mol. The molecule has 0 saturated heterocycles. The first kappa shape index (κ1) is 80.6. The number of hydrogen-bond acceptors (Lipinski definition) is 8. The second-order valence-electron chi connectivity index (χ2n) is 6.19. The summed E-state index contributed by atoms with van der Waals surface area (Å²) in [5, 5.41) is 0. The van der Waals surface area contributed by atoms with Gasteiger partial charge in [-0.3, -0.25) is 33.0 Å². The van der Waals surface area contributed by atoms with Crippen LogP contribution in [0.15, 0.2) is 72.9 Å². The Bertz CT molecular complexity index is 625. The molecule has 0 aliphatic heterocycles. The van der Waals surface area contributed by atoms with Crippen LogP contribution in [0.25, 0.3) is 0 Å². The first-order valence-corrected chi connectivity index (χ1v) is 12.1. The summed E-state index contributed by atoms with van der Waals surface area (Å²) < 4.78 is 17.9. The molecule has 0 aliphatic rings. The molecule has 46 heavy (non-hydrogen) atoms. The predicted octanol–water partition coefficient (Wildman–Crippen LogP) is 7.44. The molecule has 4 radical (unpaired) electrons. The molecule has 0 rings (SSSR count). The summed E-state index contributed by atoms with van der Waals surface area (Å²) in [7, 11) is 0. The van der Waals surface area contributed by atoms with Crippen molar-refractivity contribution in [3.63, 3.8) is 0 Å². The molecule has 0 saturated carbocycles. The van der Waals surface area contributed by atoms with E-state index in [1.54, 1.807) is 48.6 Å². The Balaban J connectivity index is -0.0000000299. The van der Waals surface area contributed by atoms with Crippen molar-refractivity contribution in [3.8, 4) is 0 Å². The molecular weight excluding hydrogens is 892 g/mol. The van der Waals surface area contributed by atoms with E-state index in [4.69, 9.17) is 0 Å². The maximum absolute atomic E-state index is 10.0. The second kappa shape index (κ2) is 85.1. The van der Waals surface area contributed by atoms with Crippen LogP contribution in [0.5, 0.6) is 0 Å². The van der Waals surface area contributed by atoms with Gasteiger partial charge in [0.15, 0.2) is 11.9 Å². The topological polar surface area (TPSA) is 105 Å². The zero-order chi connectivity index (χ0) is 32.5. The fourth-order valence-corrected chi connectivity index (χ4v) is 0.942. The van der Waals surface area contributed by atoms with E-state index >= 15 is 0 Å². The van der Waals surface area contributed by atoms with Gasteiger partial charge in [0.1, 0.15) is 13.2 Å². The number of hydrogen-bond donors (Lipinski definition) is 0. The molecule has 0 amide bonds. The Morgan fingerprint density at radius 3 is 0.804 bits per heavy atom. The van der Waals surface area contributed by atoms with Gasteiger partial charge >= 0.3 is 11.9 Å². The van der Waals surface area contributed by atoms with Crippen LogP contribution in [-0.4, -0.2) is 50.3 Å². The van der Waals surface area contributed by atoms with Gasteiger partial charge in [-0.2, -0.15) is 12.2 Å². The van der Waals surface area contributed by atoms with E-state index in [9.17, 15) is 19.2 Å². The molecule has 0 atom stereocenters. The molecule has 8 nitrogen and oxygen atoms in total. The average molecular weight is 948 g/mol. The van der Waals surface area contributed by atoms with Gasteiger partial charge in [-0.15, -0.1) is 13.8 Å². The molecule has 0 unspecified atom stereocenters. The summed E-state index contributed by atoms with van der Waals surface area (Å²) in [5.41, 5.74) is 0. The minimum absolute atomic E-state index is 0. The van der Waals surface area contributed by atoms with Gasteiger partial charge in [0, 0.05) is 158 Å². The Morgan fingerprint density at radius 2 is 0.674 bits per heavy atom. The van der Waals surface area contributed by atoms with E-state index in [1.165, 1.54) is 13.8 Å².